The molecule has 0 saturated heterocycles. The molecule has 0 atom stereocenters. The van der Waals surface area contributed by atoms with Crippen molar-refractivity contribution < 1.29 is 14.3 Å². The second-order valence-electron chi connectivity index (χ2n) is 8.49. The molecule has 0 unspecified atom stereocenters. The van der Waals surface area contributed by atoms with Crippen LogP contribution in [0.2, 0.25) is 0 Å². The van der Waals surface area contributed by atoms with E-state index in [1.807, 2.05) is 45.9 Å². The number of hydrogen-bond donors (Lipinski definition) is 1. The molecule has 28 heavy (non-hydrogen) atoms. The predicted molar refractivity (Wildman–Crippen MR) is 109 cm³/mol. The molecule has 2 aliphatic rings. The van der Waals surface area contributed by atoms with E-state index in [-0.39, 0.29) is 12.6 Å². The highest BCUT2D eigenvalue weighted by Crippen LogP contribution is 2.54. The van der Waals surface area contributed by atoms with Gasteiger partial charge in [0, 0.05) is 17.1 Å². The van der Waals surface area contributed by atoms with Crippen molar-refractivity contribution in [1.29, 1.82) is 0 Å². The average Bonchev–Trinajstić information content (AvgIpc) is 3.16. The summed E-state index contributed by atoms with van der Waals surface area (Å²) >= 11 is 0. The molecule has 0 aliphatic carbocycles. The topological polar surface area (TPSA) is 60.5 Å². The van der Waals surface area contributed by atoms with Gasteiger partial charge in [-0.05, 0) is 57.0 Å². The number of ketones is 1. The molecule has 1 aromatic heterocycles. The van der Waals surface area contributed by atoms with E-state index < -0.39 is 11.0 Å². The quantitative estimate of drug-likeness (QED) is 0.670. The number of benzene rings is 2. The average molecular weight is 374 g/mol. The zero-order chi connectivity index (χ0) is 19.7. The number of nitrogens with zero attached hydrogens (tertiary/aromatic N) is 1. The second-order valence-corrected chi connectivity index (χ2v) is 8.49. The lowest BCUT2D eigenvalue weighted by atomic mass is 9.69. The molecule has 1 N–H and O–H groups in total. The summed E-state index contributed by atoms with van der Waals surface area (Å²) in [4.78, 5) is 17.6. The summed E-state index contributed by atoms with van der Waals surface area (Å²) in [5, 5.41) is 4.43. The van der Waals surface area contributed by atoms with Crippen molar-refractivity contribution in [1.82, 2.24) is 4.98 Å². The largest absolute Gasteiger partial charge is 0.453 e. The summed E-state index contributed by atoms with van der Waals surface area (Å²) < 4.78 is 11.8. The molecule has 0 spiro atoms. The highest BCUT2D eigenvalue weighted by atomic mass is 16.7. The monoisotopic (exact) mass is 374 g/mol. The van der Waals surface area contributed by atoms with Crippen LogP contribution in [0.4, 0.5) is 5.69 Å². The van der Waals surface area contributed by atoms with Gasteiger partial charge in [0.15, 0.2) is 17.3 Å². The maximum Gasteiger partial charge on any atom is 0.231 e. The van der Waals surface area contributed by atoms with Crippen molar-refractivity contribution in [3.8, 4) is 22.6 Å². The third kappa shape index (κ3) is 2.19. The van der Waals surface area contributed by atoms with Gasteiger partial charge in [0.25, 0.3) is 0 Å². The van der Waals surface area contributed by atoms with Crippen LogP contribution in [0, 0.1) is 0 Å². The third-order valence-electron chi connectivity index (χ3n) is 5.82. The standard InChI is InChI=1S/C23H22N2O3/c1-22(2)16-11-15(13-7-5-9-17-14(13)8-6-10-24-17)19-20(28-12-27-19)18(16)25-23(3,4)21(22)26/h5-11,25H,12H2,1-4H3. The zero-order valence-corrected chi connectivity index (χ0v) is 16.4. The highest BCUT2D eigenvalue weighted by molar-refractivity contribution is 6.06. The normalized spacial score (nSPS) is 18.6. The molecule has 142 valence electrons. The van der Waals surface area contributed by atoms with Crippen LogP contribution >= 0.6 is 0 Å². The molecular formula is C23H22N2O3. The summed E-state index contributed by atoms with van der Waals surface area (Å²) in [6.07, 6.45) is 1.79. The summed E-state index contributed by atoms with van der Waals surface area (Å²) in [6, 6.07) is 12.1. The van der Waals surface area contributed by atoms with Gasteiger partial charge in [-0.15, -0.1) is 0 Å². The van der Waals surface area contributed by atoms with Crippen molar-refractivity contribution in [3.63, 3.8) is 0 Å². The molecule has 5 nitrogen and oxygen atoms in total. The third-order valence-corrected chi connectivity index (χ3v) is 5.82. The minimum absolute atomic E-state index is 0.150. The highest BCUT2D eigenvalue weighted by Gasteiger charge is 2.48. The lowest BCUT2D eigenvalue weighted by Gasteiger charge is -2.42. The van der Waals surface area contributed by atoms with Gasteiger partial charge in [-0.25, -0.2) is 0 Å². The number of carbonyl (C=O) groups is 1. The van der Waals surface area contributed by atoms with Crippen LogP contribution in [-0.4, -0.2) is 23.1 Å². The van der Waals surface area contributed by atoms with Crippen LogP contribution in [0.1, 0.15) is 33.3 Å². The SMILES string of the molecule is CC1(C)Nc2c(cc(-c3cccc4ncccc34)c3c2OCO3)C(C)(C)C1=O. The van der Waals surface area contributed by atoms with Gasteiger partial charge in [-0.2, -0.15) is 0 Å². The number of carbonyl (C=O) groups excluding carboxylic acids is 1. The first-order valence-electron chi connectivity index (χ1n) is 9.45. The lowest BCUT2D eigenvalue weighted by molar-refractivity contribution is -0.127. The van der Waals surface area contributed by atoms with E-state index in [4.69, 9.17) is 9.47 Å². The Hall–Kier alpha value is -3.08. The first-order valence-corrected chi connectivity index (χ1v) is 9.45. The Bertz CT molecular complexity index is 1140. The fourth-order valence-corrected chi connectivity index (χ4v) is 4.50. The number of anilines is 1. The van der Waals surface area contributed by atoms with Gasteiger partial charge in [-0.1, -0.05) is 18.2 Å². The molecule has 0 amide bonds. The Morgan fingerprint density at radius 3 is 2.61 bits per heavy atom. The van der Waals surface area contributed by atoms with Gasteiger partial charge in [0.2, 0.25) is 6.79 Å². The Morgan fingerprint density at radius 2 is 1.79 bits per heavy atom. The molecule has 0 radical (unpaired) electrons. The van der Waals surface area contributed by atoms with Gasteiger partial charge in [0.05, 0.1) is 22.2 Å². The van der Waals surface area contributed by atoms with Gasteiger partial charge < -0.3 is 14.8 Å². The summed E-state index contributed by atoms with van der Waals surface area (Å²) in [7, 11) is 0. The van der Waals surface area contributed by atoms with Crippen molar-refractivity contribution in [2.75, 3.05) is 12.1 Å². The van der Waals surface area contributed by atoms with E-state index in [2.05, 4.69) is 28.5 Å². The lowest BCUT2D eigenvalue weighted by Crippen LogP contribution is -2.53. The van der Waals surface area contributed by atoms with Crippen molar-refractivity contribution >= 4 is 22.4 Å². The molecule has 2 aliphatic heterocycles. The van der Waals surface area contributed by atoms with Crippen molar-refractivity contribution in [3.05, 3.63) is 48.2 Å². The Kier molecular flexibility index (Phi) is 3.33. The van der Waals surface area contributed by atoms with E-state index in [0.29, 0.717) is 11.5 Å². The molecule has 3 heterocycles. The minimum atomic E-state index is -0.679. The van der Waals surface area contributed by atoms with E-state index in [1.165, 1.54) is 0 Å². The number of pyridine rings is 1. The van der Waals surface area contributed by atoms with E-state index in [9.17, 15) is 4.79 Å². The molecule has 5 rings (SSSR count). The summed E-state index contributed by atoms with van der Waals surface area (Å²) in [5.41, 5.74) is 3.31. The van der Waals surface area contributed by atoms with E-state index >= 15 is 0 Å². The number of rotatable bonds is 1. The van der Waals surface area contributed by atoms with Crippen LogP contribution in [-0.2, 0) is 10.2 Å². The van der Waals surface area contributed by atoms with Crippen LogP contribution < -0.4 is 14.8 Å². The fourth-order valence-electron chi connectivity index (χ4n) is 4.50. The van der Waals surface area contributed by atoms with Crippen LogP contribution in [0.3, 0.4) is 0 Å². The Balaban J connectivity index is 1.84. The minimum Gasteiger partial charge on any atom is -0.453 e. The van der Waals surface area contributed by atoms with Crippen LogP contribution in [0.5, 0.6) is 11.5 Å². The van der Waals surface area contributed by atoms with Crippen LogP contribution in [0.25, 0.3) is 22.0 Å². The molecule has 2 aromatic carbocycles. The number of fused-ring (bicyclic) bond motifs is 4. The summed E-state index contributed by atoms with van der Waals surface area (Å²) in [5.74, 6) is 1.54. The number of aromatic nitrogens is 1. The second kappa shape index (κ2) is 5.47. The molecule has 0 saturated carbocycles. The Morgan fingerprint density at radius 1 is 1.00 bits per heavy atom. The fraction of sp³-hybridized carbons (Fsp3) is 0.304. The van der Waals surface area contributed by atoms with Gasteiger partial charge >= 0.3 is 0 Å². The predicted octanol–water partition coefficient (Wildman–Crippen LogP) is 4.68. The number of ether oxygens (including phenoxy) is 2. The van der Waals surface area contributed by atoms with Gasteiger partial charge in [0.1, 0.15) is 0 Å². The molecule has 5 heteroatoms. The molecule has 0 bridgehead atoms. The van der Waals surface area contributed by atoms with E-state index in [1.54, 1.807) is 6.20 Å². The first kappa shape index (κ1) is 17.0. The number of Topliss-reactive ketones (excluding diaryl/α,β-unsaturated/α-hetero) is 1. The number of nitrogens with one attached hydrogen (secondary N) is 1. The smallest absolute Gasteiger partial charge is 0.231 e. The first-order chi connectivity index (χ1) is 13.3. The van der Waals surface area contributed by atoms with Crippen molar-refractivity contribution in [2.45, 2.75) is 38.6 Å². The summed E-state index contributed by atoms with van der Waals surface area (Å²) in [6.45, 7) is 7.94. The number of hydrogen-bond acceptors (Lipinski definition) is 5. The maximum absolute atomic E-state index is 13.1. The zero-order valence-electron chi connectivity index (χ0n) is 16.4. The van der Waals surface area contributed by atoms with Crippen LogP contribution in [0.15, 0.2) is 42.6 Å². The Labute approximate surface area is 163 Å². The van der Waals surface area contributed by atoms with E-state index in [0.717, 1.165) is 33.3 Å². The van der Waals surface area contributed by atoms with Crippen molar-refractivity contribution in [2.24, 2.45) is 0 Å². The maximum atomic E-state index is 13.1. The van der Waals surface area contributed by atoms with Gasteiger partial charge in [-0.3, -0.25) is 9.78 Å². The molecule has 3 aromatic rings. The molecule has 0 fully saturated rings. The molecular weight excluding hydrogens is 352 g/mol.